The van der Waals surface area contributed by atoms with Crippen molar-refractivity contribution in [2.75, 3.05) is 0 Å². The van der Waals surface area contributed by atoms with Crippen LogP contribution in [0.1, 0.15) is 9.67 Å². The molecule has 0 unspecified atom stereocenters. The minimum atomic E-state index is -0.946. The number of fused-ring (bicyclic) bond motifs is 3. The number of hydrogen-bond acceptors (Lipinski definition) is 4. The van der Waals surface area contributed by atoms with E-state index in [4.69, 9.17) is 11.6 Å². The number of aromatic nitrogens is 2. The van der Waals surface area contributed by atoms with Crippen LogP contribution in [-0.4, -0.2) is 20.5 Å². The van der Waals surface area contributed by atoms with Crippen molar-refractivity contribution >= 4 is 56.2 Å². The van der Waals surface area contributed by atoms with E-state index in [2.05, 4.69) is 4.98 Å². The molecule has 104 valence electrons. The Morgan fingerprint density at radius 2 is 2.00 bits per heavy atom. The van der Waals surface area contributed by atoms with E-state index in [1.165, 1.54) is 11.3 Å². The van der Waals surface area contributed by atoms with Crippen molar-refractivity contribution in [3.63, 3.8) is 0 Å². The first-order valence-corrected chi connectivity index (χ1v) is 8.15. The third-order valence-electron chi connectivity index (χ3n) is 3.21. The van der Waals surface area contributed by atoms with Gasteiger partial charge in [-0.1, -0.05) is 35.1 Å². The van der Waals surface area contributed by atoms with Crippen LogP contribution in [0.25, 0.3) is 27.3 Å². The van der Waals surface area contributed by atoms with Gasteiger partial charge in [0.25, 0.3) is 0 Å². The zero-order valence-electron chi connectivity index (χ0n) is 10.4. The predicted octanol–water partition coefficient (Wildman–Crippen LogP) is 4.63. The zero-order valence-corrected chi connectivity index (χ0v) is 12.8. The number of benzene rings is 1. The smallest absolute Gasteiger partial charge is 0.348 e. The van der Waals surface area contributed by atoms with Crippen LogP contribution in [0.4, 0.5) is 0 Å². The van der Waals surface area contributed by atoms with E-state index < -0.39 is 5.97 Å². The van der Waals surface area contributed by atoms with Gasteiger partial charge in [0, 0.05) is 21.3 Å². The lowest BCUT2D eigenvalue weighted by Gasteiger charge is -2.03. The molecule has 0 saturated carbocycles. The van der Waals surface area contributed by atoms with Gasteiger partial charge in [0.2, 0.25) is 0 Å². The fraction of sp³-hybridized carbons (Fsp3) is 0. The van der Waals surface area contributed by atoms with E-state index in [0.29, 0.717) is 15.7 Å². The number of carboxylic acid groups (broad SMARTS) is 1. The molecule has 0 aliphatic heterocycles. The molecule has 4 rings (SSSR count). The highest BCUT2D eigenvalue weighted by atomic mass is 35.5. The second-order valence-corrected chi connectivity index (χ2v) is 6.62. The van der Waals surface area contributed by atoms with Crippen LogP contribution in [0.3, 0.4) is 0 Å². The number of hydrogen-bond donors (Lipinski definition) is 1. The molecule has 4 nitrogen and oxygen atoms in total. The summed E-state index contributed by atoms with van der Waals surface area (Å²) in [6.07, 6.45) is 0. The lowest BCUT2D eigenvalue weighted by Crippen LogP contribution is -1.97. The Kier molecular flexibility index (Phi) is 2.78. The molecular weight excluding hydrogens is 328 g/mol. The minimum absolute atomic E-state index is 0.285. The number of nitrogens with zero attached hydrogens (tertiary/aromatic N) is 2. The van der Waals surface area contributed by atoms with Crippen LogP contribution in [0.5, 0.6) is 0 Å². The molecule has 0 spiro atoms. The number of halogens is 1. The molecular formula is C14H7ClN2O2S2. The summed E-state index contributed by atoms with van der Waals surface area (Å²) in [6, 6.07) is 7.17. The zero-order chi connectivity index (χ0) is 14.6. The molecule has 7 heteroatoms. The van der Waals surface area contributed by atoms with E-state index in [1.807, 2.05) is 27.3 Å². The fourth-order valence-electron chi connectivity index (χ4n) is 2.33. The molecule has 0 saturated heterocycles. The summed E-state index contributed by atoms with van der Waals surface area (Å²) in [7, 11) is 0. The average molecular weight is 335 g/mol. The van der Waals surface area contributed by atoms with Gasteiger partial charge in [0.1, 0.15) is 10.4 Å². The van der Waals surface area contributed by atoms with Crippen molar-refractivity contribution in [2.45, 2.75) is 0 Å². The third kappa shape index (κ3) is 1.87. The monoisotopic (exact) mass is 334 g/mol. The molecule has 1 aromatic carbocycles. The molecule has 0 radical (unpaired) electrons. The molecule has 0 atom stereocenters. The van der Waals surface area contributed by atoms with Crippen LogP contribution in [0, 0.1) is 0 Å². The van der Waals surface area contributed by atoms with Gasteiger partial charge in [-0.15, -0.1) is 11.3 Å². The second-order valence-electron chi connectivity index (χ2n) is 4.46. The lowest BCUT2D eigenvalue weighted by molar-refractivity contribution is 0.0702. The minimum Gasteiger partial charge on any atom is -0.477 e. The molecule has 0 amide bonds. The number of carboxylic acids is 1. The molecule has 0 aliphatic carbocycles. The second kappa shape index (κ2) is 4.56. The molecule has 3 heterocycles. The Morgan fingerprint density at radius 1 is 1.24 bits per heavy atom. The third-order valence-corrected chi connectivity index (χ3v) is 5.21. The van der Waals surface area contributed by atoms with Gasteiger partial charge in [0.15, 0.2) is 4.96 Å². The molecule has 21 heavy (non-hydrogen) atoms. The summed E-state index contributed by atoms with van der Waals surface area (Å²) < 4.78 is 1.91. The van der Waals surface area contributed by atoms with Crippen LogP contribution < -0.4 is 0 Å². The number of rotatable bonds is 2. The molecule has 1 N–H and O–H groups in total. The van der Waals surface area contributed by atoms with E-state index in [-0.39, 0.29) is 4.88 Å². The highest BCUT2D eigenvalue weighted by Crippen LogP contribution is 2.36. The lowest BCUT2D eigenvalue weighted by atomic mass is 10.1. The summed E-state index contributed by atoms with van der Waals surface area (Å²) in [5.41, 5.74) is 3.29. The maximum Gasteiger partial charge on any atom is 0.348 e. The first kappa shape index (κ1) is 12.8. The van der Waals surface area contributed by atoms with Crippen LogP contribution in [0.2, 0.25) is 5.02 Å². The highest BCUT2D eigenvalue weighted by molar-refractivity contribution is 7.19. The van der Waals surface area contributed by atoms with Crippen molar-refractivity contribution < 1.29 is 9.90 Å². The number of aromatic carboxylic acids is 1. The molecule has 0 aliphatic rings. The van der Waals surface area contributed by atoms with E-state index >= 15 is 0 Å². The Bertz CT molecular complexity index is 982. The maximum absolute atomic E-state index is 11.5. The van der Waals surface area contributed by atoms with Crippen molar-refractivity contribution in [3.05, 3.63) is 44.9 Å². The fourth-order valence-corrected chi connectivity index (χ4v) is 4.18. The Morgan fingerprint density at radius 3 is 2.71 bits per heavy atom. The van der Waals surface area contributed by atoms with Crippen molar-refractivity contribution in [3.8, 4) is 11.3 Å². The molecule has 3 aromatic heterocycles. The summed E-state index contributed by atoms with van der Waals surface area (Å²) in [6.45, 7) is 0. The van der Waals surface area contributed by atoms with Gasteiger partial charge in [-0.05, 0) is 12.1 Å². The van der Waals surface area contributed by atoms with Gasteiger partial charge in [-0.25, -0.2) is 9.78 Å². The van der Waals surface area contributed by atoms with Gasteiger partial charge in [0.05, 0.1) is 11.2 Å². The summed E-state index contributed by atoms with van der Waals surface area (Å²) in [4.78, 5) is 17.0. The largest absolute Gasteiger partial charge is 0.477 e. The standard InChI is InChI=1S/C14H7ClN2O2S2/c15-8-3-1-7(2-4-8)11-12(13(18)19)21-14-16-9-5-20-6-10(9)17(11)14/h1-6H,(H,18,19). The topological polar surface area (TPSA) is 54.6 Å². The summed E-state index contributed by atoms with van der Waals surface area (Å²) in [5.74, 6) is -0.946. The normalized spacial score (nSPS) is 11.5. The van der Waals surface area contributed by atoms with Crippen molar-refractivity contribution in [2.24, 2.45) is 0 Å². The Hall–Kier alpha value is -1.89. The van der Waals surface area contributed by atoms with Gasteiger partial charge in [-0.3, -0.25) is 4.40 Å². The maximum atomic E-state index is 11.5. The molecule has 4 aromatic rings. The van der Waals surface area contributed by atoms with Gasteiger partial charge >= 0.3 is 5.97 Å². The van der Waals surface area contributed by atoms with Crippen molar-refractivity contribution in [1.82, 2.24) is 9.38 Å². The van der Waals surface area contributed by atoms with Crippen molar-refractivity contribution in [1.29, 1.82) is 0 Å². The highest BCUT2D eigenvalue weighted by Gasteiger charge is 2.22. The van der Waals surface area contributed by atoms with Crippen LogP contribution in [-0.2, 0) is 0 Å². The Balaban J connectivity index is 2.13. The SMILES string of the molecule is O=C(O)c1sc2nc3cscc3n2c1-c1ccc(Cl)cc1. The number of imidazole rings is 1. The summed E-state index contributed by atoms with van der Waals surface area (Å²) in [5, 5.41) is 14.0. The number of thiazole rings is 1. The predicted molar refractivity (Wildman–Crippen MR) is 85.9 cm³/mol. The van der Waals surface area contributed by atoms with Crippen LogP contribution in [0.15, 0.2) is 35.0 Å². The molecule has 0 fully saturated rings. The average Bonchev–Trinajstić information content (AvgIpc) is 3.09. The number of thiophene rings is 1. The van der Waals surface area contributed by atoms with E-state index in [0.717, 1.165) is 16.6 Å². The molecule has 0 bridgehead atoms. The van der Waals surface area contributed by atoms with E-state index in [1.54, 1.807) is 23.5 Å². The summed E-state index contributed by atoms with van der Waals surface area (Å²) >= 11 is 8.66. The number of carbonyl (C=O) groups is 1. The van der Waals surface area contributed by atoms with Crippen LogP contribution >= 0.6 is 34.3 Å². The quantitative estimate of drug-likeness (QED) is 0.581. The van der Waals surface area contributed by atoms with E-state index in [9.17, 15) is 9.90 Å². The first-order valence-electron chi connectivity index (χ1n) is 6.01. The Labute approximate surface area is 131 Å². The van der Waals surface area contributed by atoms with Gasteiger partial charge in [-0.2, -0.15) is 0 Å². The first-order chi connectivity index (χ1) is 10.1. The van der Waals surface area contributed by atoms with Gasteiger partial charge < -0.3 is 5.11 Å².